The molecule has 0 saturated heterocycles. The molecule has 0 fully saturated rings. The lowest BCUT2D eigenvalue weighted by atomic mass is 10.1. The van der Waals surface area contributed by atoms with E-state index in [-0.39, 0.29) is 12.0 Å². The van der Waals surface area contributed by atoms with Crippen molar-refractivity contribution in [3.63, 3.8) is 0 Å². The summed E-state index contributed by atoms with van der Waals surface area (Å²) in [4.78, 5) is 0. The topological polar surface area (TPSA) is 29.4 Å². The van der Waals surface area contributed by atoms with Crippen LogP contribution in [0.2, 0.25) is 0 Å². The van der Waals surface area contributed by atoms with Crippen molar-refractivity contribution in [1.29, 1.82) is 0 Å². The molecule has 1 rings (SSSR count). The van der Waals surface area contributed by atoms with Crippen LogP contribution in [0.4, 0.5) is 13.2 Å². The Kier molecular flexibility index (Phi) is 4.67. The summed E-state index contributed by atoms with van der Waals surface area (Å²) < 4.78 is 53.9. The van der Waals surface area contributed by atoms with Gasteiger partial charge in [0.15, 0.2) is 0 Å². The highest BCUT2D eigenvalue weighted by atomic mass is 32.2. The molecule has 1 aromatic carbocycles. The van der Waals surface area contributed by atoms with Gasteiger partial charge in [0.05, 0.1) is 4.75 Å². The van der Waals surface area contributed by atoms with Crippen molar-refractivity contribution in [3.05, 3.63) is 35.1 Å². The lowest BCUT2D eigenvalue weighted by Crippen LogP contribution is -2.19. The second-order valence-electron chi connectivity index (χ2n) is 4.70. The van der Waals surface area contributed by atoms with Crippen molar-refractivity contribution in [2.24, 2.45) is 4.40 Å². The van der Waals surface area contributed by atoms with Crippen LogP contribution < -0.4 is 0 Å². The molecule has 1 aromatic rings. The molecule has 6 heteroatoms. The molecule has 0 spiro atoms. The van der Waals surface area contributed by atoms with Gasteiger partial charge in [0.1, 0.15) is 28.4 Å². The van der Waals surface area contributed by atoms with E-state index in [4.69, 9.17) is 0 Å². The zero-order valence-electron chi connectivity index (χ0n) is 10.3. The second kappa shape index (κ2) is 5.65. The summed E-state index contributed by atoms with van der Waals surface area (Å²) in [6, 6.07) is 1.21. The van der Waals surface area contributed by atoms with Crippen molar-refractivity contribution < 1.29 is 17.4 Å². The van der Waals surface area contributed by atoms with Crippen molar-refractivity contribution in [2.75, 3.05) is 0 Å². The van der Waals surface area contributed by atoms with Crippen LogP contribution in [0.15, 0.2) is 16.5 Å². The number of hydrogen-bond donors (Lipinski definition) is 0. The van der Waals surface area contributed by atoms with E-state index < -0.39 is 33.2 Å². The second-order valence-corrected chi connectivity index (χ2v) is 6.64. The predicted molar refractivity (Wildman–Crippen MR) is 66.4 cm³/mol. The van der Waals surface area contributed by atoms with Crippen LogP contribution in [-0.4, -0.2) is 15.2 Å². The third-order valence-electron chi connectivity index (χ3n) is 2.10. The summed E-state index contributed by atoms with van der Waals surface area (Å²) in [7, 11) is -1.48. The van der Waals surface area contributed by atoms with E-state index in [2.05, 4.69) is 4.40 Å². The molecule has 0 aliphatic rings. The minimum absolute atomic E-state index is 0.167. The minimum Gasteiger partial charge on any atom is -0.234 e. The van der Waals surface area contributed by atoms with E-state index in [1.807, 2.05) is 0 Å². The van der Waals surface area contributed by atoms with Crippen LogP contribution in [-0.2, 0) is 17.4 Å². The van der Waals surface area contributed by atoms with Gasteiger partial charge in [-0.25, -0.2) is 17.4 Å². The third kappa shape index (κ3) is 3.94. The first-order valence-corrected chi connectivity index (χ1v) is 6.40. The number of benzene rings is 1. The maximum absolute atomic E-state index is 13.3. The Hall–Kier alpha value is -1.17. The van der Waals surface area contributed by atoms with Crippen molar-refractivity contribution in [3.8, 4) is 0 Å². The zero-order valence-corrected chi connectivity index (χ0v) is 11.2. The molecule has 1 atom stereocenters. The lowest BCUT2D eigenvalue weighted by Gasteiger charge is -2.12. The molecule has 0 saturated carbocycles. The van der Waals surface area contributed by atoms with Gasteiger partial charge >= 0.3 is 0 Å². The fourth-order valence-electron chi connectivity index (χ4n) is 1.12. The maximum atomic E-state index is 13.3. The van der Waals surface area contributed by atoms with Crippen molar-refractivity contribution in [2.45, 2.75) is 31.9 Å². The molecule has 0 radical (unpaired) electrons. The lowest BCUT2D eigenvalue weighted by molar-refractivity contribution is 0.530. The molecule has 0 N–H and O–H groups in total. The van der Waals surface area contributed by atoms with E-state index in [0.29, 0.717) is 12.1 Å². The molecule has 1 unspecified atom stereocenters. The van der Waals surface area contributed by atoms with Gasteiger partial charge in [-0.15, -0.1) is 0 Å². The van der Waals surface area contributed by atoms with Crippen molar-refractivity contribution in [1.82, 2.24) is 0 Å². The Morgan fingerprint density at radius 2 is 1.72 bits per heavy atom. The van der Waals surface area contributed by atoms with Gasteiger partial charge in [-0.3, -0.25) is 0 Å². The largest absolute Gasteiger partial charge is 0.234 e. The molecule has 0 heterocycles. The van der Waals surface area contributed by atoms with E-state index >= 15 is 0 Å². The number of rotatable bonds is 3. The Morgan fingerprint density at radius 1 is 1.22 bits per heavy atom. The van der Waals surface area contributed by atoms with E-state index in [0.717, 1.165) is 0 Å². The molecular weight excluding hydrogens is 263 g/mol. The average molecular weight is 277 g/mol. The van der Waals surface area contributed by atoms with Gasteiger partial charge < -0.3 is 0 Å². The molecule has 100 valence electrons. The van der Waals surface area contributed by atoms with Gasteiger partial charge in [-0.2, -0.15) is 4.40 Å². The number of nitrogens with zero attached hydrogens (tertiary/aromatic N) is 1. The maximum Gasteiger partial charge on any atom is 0.144 e. The zero-order chi connectivity index (χ0) is 13.9. The highest BCUT2D eigenvalue weighted by Gasteiger charge is 2.18. The third-order valence-corrected chi connectivity index (χ3v) is 3.48. The van der Waals surface area contributed by atoms with Crippen LogP contribution in [0.5, 0.6) is 0 Å². The Bertz CT molecular complexity index is 472. The van der Waals surface area contributed by atoms with Crippen LogP contribution in [0.1, 0.15) is 26.3 Å². The first-order valence-electron chi connectivity index (χ1n) is 5.30. The quantitative estimate of drug-likeness (QED) is 0.780. The Balaban J connectivity index is 2.82. The number of halogens is 3. The molecule has 18 heavy (non-hydrogen) atoms. The summed E-state index contributed by atoms with van der Waals surface area (Å²) in [5.74, 6) is -2.91. The highest BCUT2D eigenvalue weighted by molar-refractivity contribution is 7.85. The van der Waals surface area contributed by atoms with E-state index in [9.17, 15) is 17.4 Å². The fourth-order valence-corrected chi connectivity index (χ4v) is 1.65. The normalized spacial score (nSPS) is 14.1. The molecule has 0 amide bonds. The molecule has 0 aliphatic carbocycles. The first-order chi connectivity index (χ1) is 8.21. The SMILES string of the molecule is CC(C)(C)S(=O)N=CCc1c(F)cc(F)cc1F. The fraction of sp³-hybridized carbons (Fsp3) is 0.417. The standard InChI is InChI=1S/C12H14F3NOS/c1-12(2,3)18(17)16-5-4-9-10(14)6-8(13)7-11(9)15/h5-7H,4H2,1-3H3. The Labute approximate surface area is 107 Å². The van der Waals surface area contributed by atoms with E-state index in [1.165, 1.54) is 6.21 Å². The molecule has 0 aromatic heterocycles. The van der Waals surface area contributed by atoms with E-state index in [1.54, 1.807) is 20.8 Å². The minimum atomic E-state index is -1.48. The van der Waals surface area contributed by atoms with Gasteiger partial charge in [0.25, 0.3) is 0 Å². The van der Waals surface area contributed by atoms with Crippen LogP contribution in [0.3, 0.4) is 0 Å². The summed E-state index contributed by atoms with van der Waals surface area (Å²) in [5, 5.41) is 0. The summed E-state index contributed by atoms with van der Waals surface area (Å²) in [6.45, 7) is 5.21. The smallest absolute Gasteiger partial charge is 0.144 e. The van der Waals surface area contributed by atoms with Gasteiger partial charge in [-0.05, 0) is 20.8 Å². The van der Waals surface area contributed by atoms with Crippen molar-refractivity contribution >= 4 is 17.2 Å². The van der Waals surface area contributed by atoms with Crippen LogP contribution in [0.25, 0.3) is 0 Å². The van der Waals surface area contributed by atoms with Crippen LogP contribution >= 0.6 is 0 Å². The Morgan fingerprint density at radius 3 is 2.17 bits per heavy atom. The van der Waals surface area contributed by atoms with Gasteiger partial charge in [0, 0.05) is 30.3 Å². The molecular formula is C12H14F3NOS. The molecule has 2 nitrogen and oxygen atoms in total. The summed E-state index contributed by atoms with van der Waals surface area (Å²) >= 11 is 0. The monoisotopic (exact) mass is 277 g/mol. The first kappa shape index (κ1) is 14.9. The number of hydrogen-bond acceptors (Lipinski definition) is 1. The average Bonchev–Trinajstić information content (AvgIpc) is 2.19. The summed E-state index contributed by atoms with van der Waals surface area (Å²) in [6.07, 6.45) is 1.01. The molecule has 0 aliphatic heterocycles. The van der Waals surface area contributed by atoms with Crippen LogP contribution in [0, 0.1) is 17.5 Å². The predicted octanol–water partition coefficient (Wildman–Crippen LogP) is 3.18. The highest BCUT2D eigenvalue weighted by Crippen LogP contribution is 2.15. The van der Waals surface area contributed by atoms with Gasteiger partial charge in [0.2, 0.25) is 0 Å². The summed E-state index contributed by atoms with van der Waals surface area (Å²) in [5.41, 5.74) is -0.286. The van der Waals surface area contributed by atoms with Gasteiger partial charge in [-0.1, -0.05) is 0 Å². The molecule has 0 bridgehead atoms.